The van der Waals surface area contributed by atoms with Gasteiger partial charge in [0.25, 0.3) is 0 Å². The van der Waals surface area contributed by atoms with Crippen LogP contribution in [0.15, 0.2) is 0 Å². The summed E-state index contributed by atoms with van der Waals surface area (Å²) in [6.07, 6.45) is 4.44. The molecule has 0 aromatic heterocycles. The monoisotopic (exact) mass is 227 g/mol. The molecule has 0 spiro atoms. The lowest BCUT2D eigenvalue weighted by Crippen LogP contribution is -2.46. The molecule has 1 rings (SSSR count). The molecule has 0 heterocycles. The molecule has 16 heavy (non-hydrogen) atoms. The highest BCUT2D eigenvalue weighted by Gasteiger charge is 2.32. The summed E-state index contributed by atoms with van der Waals surface area (Å²) in [4.78, 5) is 0. The van der Waals surface area contributed by atoms with Gasteiger partial charge in [-0.15, -0.1) is 0 Å². The fraction of sp³-hybridized carbons (Fsp3) is 1.00. The highest BCUT2D eigenvalue weighted by Crippen LogP contribution is 2.35. The third kappa shape index (κ3) is 3.74. The van der Waals surface area contributed by atoms with Gasteiger partial charge in [-0.3, -0.25) is 0 Å². The topological polar surface area (TPSA) is 21.3 Å². The van der Waals surface area contributed by atoms with Crippen molar-refractivity contribution in [1.29, 1.82) is 0 Å². The lowest BCUT2D eigenvalue weighted by molar-refractivity contribution is 0.0174. The number of hydrogen-bond acceptors (Lipinski definition) is 2. The van der Waals surface area contributed by atoms with Crippen LogP contribution in [0, 0.1) is 17.8 Å². The number of nitrogens with one attached hydrogen (secondary N) is 1. The Kier molecular flexibility index (Phi) is 5.77. The van der Waals surface area contributed by atoms with E-state index in [0.717, 1.165) is 24.4 Å². The molecule has 0 bridgehead atoms. The molecule has 0 aromatic rings. The van der Waals surface area contributed by atoms with Crippen molar-refractivity contribution in [1.82, 2.24) is 5.32 Å². The van der Waals surface area contributed by atoms with Crippen LogP contribution < -0.4 is 5.32 Å². The van der Waals surface area contributed by atoms with Crippen LogP contribution in [-0.2, 0) is 4.74 Å². The van der Waals surface area contributed by atoms with E-state index in [4.69, 9.17) is 4.74 Å². The highest BCUT2D eigenvalue weighted by molar-refractivity contribution is 4.86. The van der Waals surface area contributed by atoms with E-state index in [1.54, 1.807) is 0 Å². The smallest absolute Gasteiger partial charge is 0.0702 e. The van der Waals surface area contributed by atoms with Crippen molar-refractivity contribution in [3.63, 3.8) is 0 Å². The summed E-state index contributed by atoms with van der Waals surface area (Å²) in [5.74, 6) is 2.53. The molecule has 4 atom stereocenters. The van der Waals surface area contributed by atoms with Crippen LogP contribution in [0.3, 0.4) is 0 Å². The maximum absolute atomic E-state index is 5.76. The molecule has 0 saturated heterocycles. The van der Waals surface area contributed by atoms with Crippen molar-refractivity contribution < 1.29 is 4.74 Å². The second kappa shape index (κ2) is 6.61. The second-order valence-electron chi connectivity index (χ2n) is 5.65. The van der Waals surface area contributed by atoms with Gasteiger partial charge in [-0.25, -0.2) is 0 Å². The molecule has 0 aliphatic heterocycles. The maximum Gasteiger partial charge on any atom is 0.0702 e. The molecule has 1 aliphatic carbocycles. The Morgan fingerprint density at radius 3 is 2.19 bits per heavy atom. The van der Waals surface area contributed by atoms with E-state index in [1.807, 2.05) is 0 Å². The SMILES string of the molecule is CCOC(C)C(NC)C1CC(C)CC(C)C1. The fourth-order valence-electron chi connectivity index (χ4n) is 3.52. The number of likely N-dealkylation sites (N-methyl/N-ethyl adjacent to an activating group) is 1. The number of rotatable bonds is 5. The van der Waals surface area contributed by atoms with Crippen molar-refractivity contribution in [2.75, 3.05) is 13.7 Å². The standard InChI is InChI=1S/C14H29NO/c1-6-16-12(4)14(15-5)13-8-10(2)7-11(3)9-13/h10-15H,6-9H2,1-5H3. The average molecular weight is 227 g/mol. The molecule has 4 unspecified atom stereocenters. The van der Waals surface area contributed by atoms with Gasteiger partial charge in [-0.1, -0.05) is 13.8 Å². The molecule has 0 radical (unpaired) electrons. The largest absolute Gasteiger partial charge is 0.377 e. The van der Waals surface area contributed by atoms with Gasteiger partial charge >= 0.3 is 0 Å². The molecular formula is C14H29NO. The summed E-state index contributed by atoms with van der Waals surface area (Å²) < 4.78 is 5.76. The zero-order valence-corrected chi connectivity index (χ0v) is 11.6. The Morgan fingerprint density at radius 1 is 1.19 bits per heavy atom. The zero-order valence-electron chi connectivity index (χ0n) is 11.6. The predicted molar refractivity (Wildman–Crippen MR) is 69.6 cm³/mol. The lowest BCUT2D eigenvalue weighted by atomic mass is 9.73. The van der Waals surface area contributed by atoms with Gasteiger partial charge in [0.1, 0.15) is 0 Å². The van der Waals surface area contributed by atoms with E-state index >= 15 is 0 Å². The second-order valence-corrected chi connectivity index (χ2v) is 5.65. The minimum atomic E-state index is 0.331. The van der Waals surface area contributed by atoms with Crippen LogP contribution >= 0.6 is 0 Å². The molecule has 1 fully saturated rings. The van der Waals surface area contributed by atoms with Crippen LogP contribution in [0.1, 0.15) is 47.0 Å². The minimum absolute atomic E-state index is 0.331. The van der Waals surface area contributed by atoms with Gasteiger partial charge in [-0.2, -0.15) is 0 Å². The van der Waals surface area contributed by atoms with Gasteiger partial charge in [0.05, 0.1) is 6.10 Å². The van der Waals surface area contributed by atoms with Crippen molar-refractivity contribution >= 4 is 0 Å². The summed E-state index contributed by atoms with van der Waals surface area (Å²) in [5.41, 5.74) is 0. The molecule has 1 N–H and O–H groups in total. The Balaban J connectivity index is 2.57. The number of hydrogen-bond donors (Lipinski definition) is 1. The Hall–Kier alpha value is -0.0800. The highest BCUT2D eigenvalue weighted by atomic mass is 16.5. The van der Waals surface area contributed by atoms with Gasteiger partial charge in [-0.05, 0) is 57.9 Å². The van der Waals surface area contributed by atoms with Crippen molar-refractivity contribution in [2.45, 2.75) is 59.1 Å². The first kappa shape index (κ1) is 14.0. The molecule has 96 valence electrons. The van der Waals surface area contributed by atoms with Crippen LogP contribution in [0.25, 0.3) is 0 Å². The zero-order chi connectivity index (χ0) is 12.1. The fourth-order valence-corrected chi connectivity index (χ4v) is 3.52. The number of ether oxygens (including phenoxy) is 1. The van der Waals surface area contributed by atoms with Crippen LogP contribution in [0.4, 0.5) is 0 Å². The van der Waals surface area contributed by atoms with Gasteiger partial charge in [0.2, 0.25) is 0 Å². The van der Waals surface area contributed by atoms with E-state index in [9.17, 15) is 0 Å². The quantitative estimate of drug-likeness (QED) is 0.779. The first-order valence-electron chi connectivity index (χ1n) is 6.87. The third-order valence-corrected chi connectivity index (χ3v) is 3.99. The molecule has 0 aromatic carbocycles. The van der Waals surface area contributed by atoms with Gasteiger partial charge in [0.15, 0.2) is 0 Å². The van der Waals surface area contributed by atoms with E-state index < -0.39 is 0 Å². The van der Waals surface area contributed by atoms with E-state index in [2.05, 4.69) is 40.1 Å². The Morgan fingerprint density at radius 2 is 1.75 bits per heavy atom. The maximum atomic E-state index is 5.76. The molecule has 0 amide bonds. The summed E-state index contributed by atoms with van der Waals surface area (Å²) in [5, 5.41) is 3.47. The first-order chi connectivity index (χ1) is 7.58. The van der Waals surface area contributed by atoms with Gasteiger partial charge < -0.3 is 10.1 Å². The van der Waals surface area contributed by atoms with Crippen LogP contribution in [0.5, 0.6) is 0 Å². The Labute approximate surface area is 101 Å². The molecule has 1 saturated carbocycles. The van der Waals surface area contributed by atoms with Gasteiger partial charge in [0, 0.05) is 12.6 Å². The molecular weight excluding hydrogens is 198 g/mol. The van der Waals surface area contributed by atoms with E-state index in [1.165, 1.54) is 19.3 Å². The summed E-state index contributed by atoms with van der Waals surface area (Å²) in [7, 11) is 2.07. The van der Waals surface area contributed by atoms with Crippen molar-refractivity contribution in [3.05, 3.63) is 0 Å². The van der Waals surface area contributed by atoms with Crippen molar-refractivity contribution in [2.24, 2.45) is 17.8 Å². The van der Waals surface area contributed by atoms with E-state index in [-0.39, 0.29) is 0 Å². The molecule has 2 heteroatoms. The van der Waals surface area contributed by atoms with E-state index in [0.29, 0.717) is 12.1 Å². The molecule has 1 aliphatic rings. The summed E-state index contributed by atoms with van der Waals surface area (Å²) in [6, 6.07) is 0.519. The average Bonchev–Trinajstić information content (AvgIpc) is 2.17. The minimum Gasteiger partial charge on any atom is -0.377 e. The normalized spacial score (nSPS) is 34.7. The third-order valence-electron chi connectivity index (χ3n) is 3.99. The van der Waals surface area contributed by atoms with Crippen LogP contribution in [0.2, 0.25) is 0 Å². The molecule has 2 nitrogen and oxygen atoms in total. The Bertz CT molecular complexity index is 185. The predicted octanol–water partition coefficient (Wildman–Crippen LogP) is 3.07. The lowest BCUT2D eigenvalue weighted by Gasteiger charge is -2.38. The van der Waals surface area contributed by atoms with Crippen molar-refractivity contribution in [3.8, 4) is 0 Å². The first-order valence-corrected chi connectivity index (χ1v) is 6.87. The summed E-state index contributed by atoms with van der Waals surface area (Å²) >= 11 is 0. The summed E-state index contributed by atoms with van der Waals surface area (Å²) in [6.45, 7) is 9.88. The van der Waals surface area contributed by atoms with Crippen LogP contribution in [-0.4, -0.2) is 25.8 Å².